The summed E-state index contributed by atoms with van der Waals surface area (Å²) >= 11 is 0. The Bertz CT molecular complexity index is 1100. The summed E-state index contributed by atoms with van der Waals surface area (Å²) in [5.41, 5.74) is 2.34. The Kier molecular flexibility index (Phi) is 5.81. The van der Waals surface area contributed by atoms with Crippen LogP contribution < -0.4 is 9.64 Å². The third-order valence-electron chi connectivity index (χ3n) is 5.76. The molecule has 1 atom stereocenters. The second-order valence-electron chi connectivity index (χ2n) is 7.56. The highest BCUT2D eigenvalue weighted by atomic mass is 16.5. The van der Waals surface area contributed by atoms with Gasteiger partial charge in [-0.1, -0.05) is 30.3 Å². The maximum Gasteiger partial charge on any atom is 0.325 e. The number of carboxylic acid groups (broad SMARTS) is 2. The average molecular weight is 423 g/mol. The minimum Gasteiger partial charge on any atom is -0.495 e. The van der Waals surface area contributed by atoms with Crippen LogP contribution in [0.1, 0.15) is 11.6 Å². The smallest absolute Gasteiger partial charge is 0.325 e. The van der Waals surface area contributed by atoms with E-state index in [0.717, 1.165) is 22.3 Å². The number of aliphatic carboxylic acids is 2. The number of anilines is 1. The standard InChI is InChI=1S/C23H25N3O5/c1-31-20-9-5-4-8-19(20)24-10-12-25(13-11-24)22(23(29)30)17-14-26(15-21(27)28)18-7-3-2-6-16(17)18/h2-9,14,22H,10-13,15H2,1H3,(H,27,28)(H,29,30). The first-order valence-corrected chi connectivity index (χ1v) is 10.1. The summed E-state index contributed by atoms with van der Waals surface area (Å²) in [4.78, 5) is 27.8. The molecule has 3 aromatic rings. The third-order valence-corrected chi connectivity index (χ3v) is 5.76. The van der Waals surface area contributed by atoms with E-state index in [1.165, 1.54) is 0 Å². The van der Waals surface area contributed by atoms with E-state index in [0.29, 0.717) is 31.7 Å². The van der Waals surface area contributed by atoms with Crippen molar-refractivity contribution in [3.8, 4) is 5.75 Å². The Morgan fingerprint density at radius 1 is 1.00 bits per heavy atom. The van der Waals surface area contributed by atoms with Crippen LogP contribution in [0.25, 0.3) is 10.9 Å². The van der Waals surface area contributed by atoms with Crippen LogP contribution in [-0.2, 0) is 16.1 Å². The Morgan fingerprint density at radius 3 is 2.35 bits per heavy atom. The minimum absolute atomic E-state index is 0.214. The molecule has 0 bridgehead atoms. The molecule has 1 fully saturated rings. The maximum atomic E-state index is 12.3. The molecule has 8 nitrogen and oxygen atoms in total. The van der Waals surface area contributed by atoms with Crippen molar-refractivity contribution in [2.75, 3.05) is 38.2 Å². The van der Waals surface area contributed by atoms with E-state index in [2.05, 4.69) is 4.90 Å². The molecule has 0 aliphatic carbocycles. The Balaban J connectivity index is 1.61. The molecule has 0 spiro atoms. The zero-order chi connectivity index (χ0) is 22.0. The molecule has 162 valence electrons. The molecule has 0 saturated carbocycles. The fourth-order valence-corrected chi connectivity index (χ4v) is 4.37. The molecule has 0 amide bonds. The van der Waals surface area contributed by atoms with Crippen molar-refractivity contribution in [3.63, 3.8) is 0 Å². The van der Waals surface area contributed by atoms with Crippen molar-refractivity contribution < 1.29 is 24.5 Å². The molecule has 1 unspecified atom stereocenters. The lowest BCUT2D eigenvalue weighted by molar-refractivity contribution is -0.143. The van der Waals surface area contributed by atoms with Crippen LogP contribution in [0.2, 0.25) is 0 Å². The van der Waals surface area contributed by atoms with Crippen LogP contribution in [0.3, 0.4) is 0 Å². The molecule has 31 heavy (non-hydrogen) atoms. The van der Waals surface area contributed by atoms with Gasteiger partial charge in [0.15, 0.2) is 0 Å². The van der Waals surface area contributed by atoms with Crippen molar-refractivity contribution in [1.29, 1.82) is 0 Å². The summed E-state index contributed by atoms with van der Waals surface area (Å²) in [6.45, 7) is 2.24. The van der Waals surface area contributed by atoms with Gasteiger partial charge in [-0.2, -0.15) is 0 Å². The zero-order valence-corrected chi connectivity index (χ0v) is 17.3. The molecule has 2 N–H and O–H groups in total. The number of hydrogen-bond acceptors (Lipinski definition) is 5. The van der Waals surface area contributed by atoms with Gasteiger partial charge in [-0.25, -0.2) is 0 Å². The number of fused-ring (bicyclic) bond motifs is 1. The Hall–Kier alpha value is -3.52. The normalized spacial score (nSPS) is 15.7. The van der Waals surface area contributed by atoms with Gasteiger partial charge < -0.3 is 24.4 Å². The van der Waals surface area contributed by atoms with Gasteiger partial charge in [0.25, 0.3) is 0 Å². The highest BCUT2D eigenvalue weighted by Gasteiger charge is 2.33. The number of para-hydroxylation sites is 3. The van der Waals surface area contributed by atoms with E-state index < -0.39 is 18.0 Å². The molecule has 2 heterocycles. The summed E-state index contributed by atoms with van der Waals surface area (Å²) in [7, 11) is 1.64. The first-order chi connectivity index (χ1) is 15.0. The number of carbonyl (C=O) groups is 2. The fraction of sp³-hybridized carbons (Fsp3) is 0.304. The quantitative estimate of drug-likeness (QED) is 0.603. The lowest BCUT2D eigenvalue weighted by Gasteiger charge is -2.39. The van der Waals surface area contributed by atoms with Gasteiger partial charge in [-0.15, -0.1) is 0 Å². The van der Waals surface area contributed by atoms with E-state index in [1.807, 2.05) is 53.4 Å². The first-order valence-electron chi connectivity index (χ1n) is 10.1. The maximum absolute atomic E-state index is 12.3. The topological polar surface area (TPSA) is 95.2 Å². The SMILES string of the molecule is COc1ccccc1N1CCN(C(C(=O)O)c2cn(CC(=O)O)c3ccccc23)CC1. The van der Waals surface area contributed by atoms with E-state index in [4.69, 9.17) is 4.74 Å². The predicted molar refractivity (Wildman–Crippen MR) is 117 cm³/mol. The number of rotatable bonds is 7. The van der Waals surface area contributed by atoms with Crippen LogP contribution in [0.15, 0.2) is 54.7 Å². The van der Waals surface area contributed by atoms with Crippen LogP contribution >= 0.6 is 0 Å². The second kappa shape index (κ2) is 8.69. The van der Waals surface area contributed by atoms with Crippen molar-refractivity contribution in [2.45, 2.75) is 12.6 Å². The van der Waals surface area contributed by atoms with Gasteiger partial charge in [0.2, 0.25) is 0 Å². The summed E-state index contributed by atoms with van der Waals surface area (Å²) in [5.74, 6) is -1.11. The van der Waals surface area contributed by atoms with Gasteiger partial charge in [0, 0.05) is 48.8 Å². The Labute approximate surface area is 179 Å². The lowest BCUT2D eigenvalue weighted by atomic mass is 10.0. The summed E-state index contributed by atoms with van der Waals surface area (Å²) in [6.07, 6.45) is 1.67. The number of carboxylic acids is 2. The van der Waals surface area contributed by atoms with E-state index >= 15 is 0 Å². The van der Waals surface area contributed by atoms with E-state index in [9.17, 15) is 19.8 Å². The van der Waals surface area contributed by atoms with Gasteiger partial charge >= 0.3 is 11.9 Å². The van der Waals surface area contributed by atoms with Crippen molar-refractivity contribution in [3.05, 3.63) is 60.3 Å². The molecule has 1 aliphatic heterocycles. The van der Waals surface area contributed by atoms with Gasteiger partial charge in [-0.3, -0.25) is 14.5 Å². The molecule has 4 rings (SSSR count). The Morgan fingerprint density at radius 2 is 1.68 bits per heavy atom. The highest BCUT2D eigenvalue weighted by Crippen LogP contribution is 2.33. The summed E-state index contributed by atoms with van der Waals surface area (Å²) in [6, 6.07) is 14.3. The number of benzene rings is 2. The van der Waals surface area contributed by atoms with Crippen molar-refractivity contribution in [2.24, 2.45) is 0 Å². The molecular weight excluding hydrogens is 398 g/mol. The molecule has 1 saturated heterocycles. The van der Waals surface area contributed by atoms with Crippen molar-refractivity contribution >= 4 is 28.5 Å². The molecule has 0 radical (unpaired) electrons. The average Bonchev–Trinajstić information content (AvgIpc) is 3.11. The minimum atomic E-state index is -0.968. The summed E-state index contributed by atoms with van der Waals surface area (Å²) in [5, 5.41) is 20.1. The molecule has 2 aromatic carbocycles. The number of nitrogens with zero attached hydrogens (tertiary/aromatic N) is 3. The van der Waals surface area contributed by atoms with Crippen LogP contribution in [0, 0.1) is 0 Å². The van der Waals surface area contributed by atoms with Gasteiger partial charge in [0.1, 0.15) is 18.3 Å². The van der Waals surface area contributed by atoms with E-state index in [1.54, 1.807) is 17.9 Å². The zero-order valence-electron chi connectivity index (χ0n) is 17.3. The van der Waals surface area contributed by atoms with Gasteiger partial charge in [-0.05, 0) is 18.2 Å². The van der Waals surface area contributed by atoms with Crippen molar-refractivity contribution in [1.82, 2.24) is 9.47 Å². The molecule has 1 aliphatic rings. The van der Waals surface area contributed by atoms with E-state index in [-0.39, 0.29) is 6.54 Å². The predicted octanol–water partition coefficient (Wildman–Crippen LogP) is 2.68. The fourth-order valence-electron chi connectivity index (χ4n) is 4.37. The summed E-state index contributed by atoms with van der Waals surface area (Å²) < 4.78 is 7.07. The number of hydrogen-bond donors (Lipinski definition) is 2. The third kappa shape index (κ3) is 4.06. The molecule has 8 heteroatoms. The number of ether oxygens (including phenoxy) is 1. The first kappa shape index (κ1) is 20.7. The molecular formula is C23H25N3O5. The monoisotopic (exact) mass is 423 g/mol. The van der Waals surface area contributed by atoms with Crippen LogP contribution in [-0.4, -0.2) is 64.9 Å². The number of methoxy groups -OCH3 is 1. The second-order valence-corrected chi connectivity index (χ2v) is 7.56. The number of piperazine rings is 1. The molecule has 1 aromatic heterocycles. The highest BCUT2D eigenvalue weighted by molar-refractivity contribution is 5.90. The number of aromatic nitrogens is 1. The van der Waals surface area contributed by atoms with Gasteiger partial charge in [0.05, 0.1) is 12.8 Å². The lowest BCUT2D eigenvalue weighted by Crippen LogP contribution is -2.49. The van der Waals surface area contributed by atoms with Crippen LogP contribution in [0.5, 0.6) is 5.75 Å². The largest absolute Gasteiger partial charge is 0.495 e. The van der Waals surface area contributed by atoms with Crippen LogP contribution in [0.4, 0.5) is 5.69 Å².